The summed E-state index contributed by atoms with van der Waals surface area (Å²) in [6.45, 7) is 6.04. The van der Waals surface area contributed by atoms with E-state index in [2.05, 4.69) is 20.5 Å². The number of methoxy groups -OCH3 is 1. The second kappa shape index (κ2) is 8.55. The molecule has 0 aliphatic carbocycles. The van der Waals surface area contributed by atoms with E-state index in [0.29, 0.717) is 13.2 Å². The largest absolute Gasteiger partial charge is 0.383 e. The molecule has 0 saturated carbocycles. The van der Waals surface area contributed by atoms with E-state index < -0.39 is 0 Å². The molecule has 2 heterocycles. The number of morpholine rings is 1. The maximum absolute atomic E-state index is 11.7. The Balaban J connectivity index is 1.77. The van der Waals surface area contributed by atoms with Crippen molar-refractivity contribution in [2.75, 3.05) is 44.9 Å². The molecule has 2 amide bonds. The average Bonchev–Trinajstić information content (AvgIpc) is 2.54. The maximum Gasteiger partial charge on any atom is 0.315 e. The number of ether oxygens (including phenoxy) is 2. The Morgan fingerprint density at radius 2 is 2.23 bits per heavy atom. The summed E-state index contributed by atoms with van der Waals surface area (Å²) in [6, 6.07) is 3.73. The number of amides is 2. The summed E-state index contributed by atoms with van der Waals surface area (Å²) in [4.78, 5) is 18.3. The summed E-state index contributed by atoms with van der Waals surface area (Å²) in [7, 11) is 1.61. The van der Waals surface area contributed by atoms with Crippen LogP contribution in [0.3, 0.4) is 0 Å². The molecule has 1 aromatic heterocycles. The SMILES string of the molecule is COC[C@H](C)NC(=O)NCc1ccc(N2CCOCC2)nc1. The molecular formula is C15H24N4O3. The van der Waals surface area contributed by atoms with E-state index in [0.717, 1.165) is 37.7 Å². The fraction of sp³-hybridized carbons (Fsp3) is 0.600. The summed E-state index contributed by atoms with van der Waals surface area (Å²) in [5.41, 5.74) is 0.964. The van der Waals surface area contributed by atoms with E-state index in [-0.39, 0.29) is 12.1 Å². The van der Waals surface area contributed by atoms with Crippen molar-refractivity contribution in [3.63, 3.8) is 0 Å². The summed E-state index contributed by atoms with van der Waals surface area (Å²) in [5, 5.41) is 5.60. The second-order valence-electron chi connectivity index (χ2n) is 5.31. The number of rotatable bonds is 6. The third-order valence-electron chi connectivity index (χ3n) is 3.39. The van der Waals surface area contributed by atoms with Crippen molar-refractivity contribution in [1.29, 1.82) is 0 Å². The number of carbonyl (C=O) groups excluding carboxylic acids is 1. The Bertz CT molecular complexity index is 460. The minimum atomic E-state index is -0.207. The summed E-state index contributed by atoms with van der Waals surface area (Å²) >= 11 is 0. The smallest absolute Gasteiger partial charge is 0.315 e. The Kier molecular flexibility index (Phi) is 6.42. The van der Waals surface area contributed by atoms with Crippen molar-refractivity contribution in [1.82, 2.24) is 15.6 Å². The number of hydrogen-bond donors (Lipinski definition) is 2. The molecule has 1 atom stereocenters. The van der Waals surface area contributed by atoms with E-state index in [1.54, 1.807) is 13.3 Å². The number of nitrogens with one attached hydrogen (secondary N) is 2. The molecule has 0 aromatic carbocycles. The molecule has 1 aromatic rings. The molecule has 7 nitrogen and oxygen atoms in total. The van der Waals surface area contributed by atoms with E-state index in [9.17, 15) is 4.79 Å². The Morgan fingerprint density at radius 3 is 2.86 bits per heavy atom. The Morgan fingerprint density at radius 1 is 1.45 bits per heavy atom. The van der Waals surface area contributed by atoms with Crippen LogP contribution in [0.4, 0.5) is 10.6 Å². The van der Waals surface area contributed by atoms with Crippen molar-refractivity contribution in [2.45, 2.75) is 19.5 Å². The molecule has 7 heteroatoms. The molecule has 22 heavy (non-hydrogen) atoms. The van der Waals surface area contributed by atoms with Crippen LogP contribution in [0.15, 0.2) is 18.3 Å². The van der Waals surface area contributed by atoms with Gasteiger partial charge in [0.1, 0.15) is 5.82 Å². The summed E-state index contributed by atoms with van der Waals surface area (Å²) in [6.07, 6.45) is 1.80. The van der Waals surface area contributed by atoms with Gasteiger partial charge in [-0.05, 0) is 18.6 Å². The van der Waals surface area contributed by atoms with Crippen LogP contribution in [0.5, 0.6) is 0 Å². The first-order valence-electron chi connectivity index (χ1n) is 7.50. The first kappa shape index (κ1) is 16.5. The highest BCUT2D eigenvalue weighted by molar-refractivity contribution is 5.74. The van der Waals surface area contributed by atoms with Crippen molar-refractivity contribution in [3.05, 3.63) is 23.9 Å². The minimum Gasteiger partial charge on any atom is -0.383 e. The molecule has 0 bridgehead atoms. The molecule has 0 radical (unpaired) electrons. The lowest BCUT2D eigenvalue weighted by Crippen LogP contribution is -2.42. The van der Waals surface area contributed by atoms with Gasteiger partial charge in [-0.3, -0.25) is 0 Å². The Labute approximate surface area is 131 Å². The van der Waals surface area contributed by atoms with Gasteiger partial charge in [-0.15, -0.1) is 0 Å². The molecule has 0 spiro atoms. The zero-order valence-corrected chi connectivity index (χ0v) is 13.2. The van der Waals surface area contributed by atoms with Gasteiger partial charge in [0.05, 0.1) is 25.9 Å². The second-order valence-corrected chi connectivity index (χ2v) is 5.31. The van der Waals surface area contributed by atoms with Crippen LogP contribution < -0.4 is 15.5 Å². The molecule has 1 fully saturated rings. The van der Waals surface area contributed by atoms with Gasteiger partial charge >= 0.3 is 6.03 Å². The van der Waals surface area contributed by atoms with E-state index in [1.165, 1.54) is 0 Å². The lowest BCUT2D eigenvalue weighted by molar-refractivity contribution is 0.122. The normalized spacial score (nSPS) is 16.2. The standard InChI is InChI=1S/C15H24N4O3/c1-12(11-21-2)18-15(20)17-10-13-3-4-14(16-9-13)19-5-7-22-8-6-19/h3-4,9,12H,5-8,10-11H2,1-2H3,(H2,17,18,20)/t12-/m0/s1. The molecule has 122 valence electrons. The van der Waals surface area contributed by atoms with E-state index >= 15 is 0 Å². The fourth-order valence-electron chi connectivity index (χ4n) is 2.25. The lowest BCUT2D eigenvalue weighted by Gasteiger charge is -2.27. The average molecular weight is 308 g/mol. The third kappa shape index (κ3) is 5.16. The third-order valence-corrected chi connectivity index (χ3v) is 3.39. The lowest BCUT2D eigenvalue weighted by atomic mass is 10.2. The van der Waals surface area contributed by atoms with Gasteiger partial charge in [0.2, 0.25) is 0 Å². The van der Waals surface area contributed by atoms with Gasteiger partial charge in [0, 0.05) is 32.9 Å². The van der Waals surface area contributed by atoms with Crippen LogP contribution in [0.1, 0.15) is 12.5 Å². The number of nitrogens with zero attached hydrogens (tertiary/aromatic N) is 2. The maximum atomic E-state index is 11.7. The van der Waals surface area contributed by atoms with Crippen LogP contribution in [0.2, 0.25) is 0 Å². The fourth-order valence-corrected chi connectivity index (χ4v) is 2.25. The monoisotopic (exact) mass is 308 g/mol. The number of pyridine rings is 1. The van der Waals surface area contributed by atoms with Gasteiger partial charge in [-0.2, -0.15) is 0 Å². The number of anilines is 1. The van der Waals surface area contributed by atoms with Gasteiger partial charge in [0.25, 0.3) is 0 Å². The molecule has 0 unspecified atom stereocenters. The van der Waals surface area contributed by atoms with Gasteiger partial charge in [-0.1, -0.05) is 6.07 Å². The number of aromatic nitrogens is 1. The van der Waals surface area contributed by atoms with Crippen LogP contribution in [0.25, 0.3) is 0 Å². The topological polar surface area (TPSA) is 75.7 Å². The summed E-state index contributed by atoms with van der Waals surface area (Å²) < 4.78 is 10.3. The molecule has 1 aliphatic heterocycles. The first-order chi connectivity index (χ1) is 10.7. The van der Waals surface area contributed by atoms with Crippen molar-refractivity contribution in [3.8, 4) is 0 Å². The van der Waals surface area contributed by atoms with Gasteiger partial charge in [0.15, 0.2) is 0 Å². The number of urea groups is 1. The van der Waals surface area contributed by atoms with E-state index in [1.807, 2.05) is 19.1 Å². The molecule has 2 N–H and O–H groups in total. The number of carbonyl (C=O) groups is 1. The van der Waals surface area contributed by atoms with Crippen molar-refractivity contribution >= 4 is 11.8 Å². The predicted molar refractivity (Wildman–Crippen MR) is 84.0 cm³/mol. The summed E-state index contributed by atoms with van der Waals surface area (Å²) in [5.74, 6) is 0.949. The van der Waals surface area contributed by atoms with E-state index in [4.69, 9.17) is 9.47 Å². The highest BCUT2D eigenvalue weighted by Gasteiger charge is 2.12. The van der Waals surface area contributed by atoms with Crippen molar-refractivity contribution < 1.29 is 14.3 Å². The number of hydrogen-bond acceptors (Lipinski definition) is 5. The highest BCUT2D eigenvalue weighted by Crippen LogP contribution is 2.12. The zero-order chi connectivity index (χ0) is 15.8. The van der Waals surface area contributed by atoms with Gasteiger partial charge < -0.3 is 25.0 Å². The molecule has 1 aliphatic rings. The van der Waals surface area contributed by atoms with Crippen LogP contribution in [-0.4, -0.2) is 57.1 Å². The van der Waals surface area contributed by atoms with Crippen molar-refractivity contribution in [2.24, 2.45) is 0 Å². The van der Waals surface area contributed by atoms with Gasteiger partial charge in [-0.25, -0.2) is 9.78 Å². The predicted octanol–water partition coefficient (Wildman–Crippen LogP) is 0.752. The van der Waals surface area contributed by atoms with Crippen LogP contribution in [0, 0.1) is 0 Å². The molecule has 1 saturated heterocycles. The quantitative estimate of drug-likeness (QED) is 0.811. The highest BCUT2D eigenvalue weighted by atomic mass is 16.5. The zero-order valence-electron chi connectivity index (χ0n) is 13.2. The molecule has 2 rings (SSSR count). The van der Waals surface area contributed by atoms with Crippen LogP contribution in [-0.2, 0) is 16.0 Å². The Hall–Kier alpha value is -1.86. The first-order valence-corrected chi connectivity index (χ1v) is 7.50. The van der Waals surface area contributed by atoms with Crippen LogP contribution >= 0.6 is 0 Å². The minimum absolute atomic E-state index is 0.0215. The molecular weight excluding hydrogens is 284 g/mol.